The van der Waals surface area contributed by atoms with Gasteiger partial charge in [-0.25, -0.2) is 8.42 Å². The molecule has 2 heterocycles. The fraction of sp³-hybridized carbons (Fsp3) is 0.522. The minimum absolute atomic E-state index is 0.0269. The van der Waals surface area contributed by atoms with Crippen molar-refractivity contribution in [2.24, 2.45) is 0 Å². The molecular weight excluding hydrogens is 414 g/mol. The molecule has 0 radical (unpaired) electrons. The predicted octanol–water partition coefficient (Wildman–Crippen LogP) is 2.65. The minimum atomic E-state index is -3.54. The summed E-state index contributed by atoms with van der Waals surface area (Å²) in [4.78, 5) is 14.7. The van der Waals surface area contributed by atoms with Crippen LogP contribution < -0.4 is 5.32 Å². The van der Waals surface area contributed by atoms with Crippen molar-refractivity contribution in [2.75, 3.05) is 32.7 Å². The molecule has 1 N–H and O–H groups in total. The molecular formula is C23H31N3O4S. The molecule has 1 atom stereocenters. The molecule has 2 aromatic rings. The smallest absolute Gasteiger partial charge is 0.243 e. The Balaban J connectivity index is 1.32. The third kappa shape index (κ3) is 4.86. The average molecular weight is 446 g/mol. The standard InChI is InChI=1S/C23H31N3O4S/c1-17-7-10-22(30-17)18(2)24-16-23(27)25-11-13-26(14-12-25)31(28,29)21-9-8-19-5-3-4-6-20(19)15-21/h7-10,15,18,24H,3-6,11-14,16H2,1-2H3. The first kappa shape index (κ1) is 22.0. The molecule has 8 heteroatoms. The second-order valence-corrected chi connectivity index (χ2v) is 10.4. The molecule has 1 unspecified atom stereocenters. The van der Waals surface area contributed by atoms with Crippen LogP contribution in [0.1, 0.15) is 48.5 Å². The molecule has 2 aliphatic rings. The summed E-state index contributed by atoms with van der Waals surface area (Å²) in [6.45, 7) is 5.47. The number of rotatable bonds is 6. The van der Waals surface area contributed by atoms with Crippen molar-refractivity contribution in [3.05, 3.63) is 53.0 Å². The van der Waals surface area contributed by atoms with Crippen molar-refractivity contribution < 1.29 is 17.6 Å². The van der Waals surface area contributed by atoms with Gasteiger partial charge in [0, 0.05) is 26.2 Å². The number of benzene rings is 1. The highest BCUT2D eigenvalue weighted by atomic mass is 32.2. The number of fused-ring (bicyclic) bond motifs is 1. The zero-order chi connectivity index (χ0) is 22.0. The fourth-order valence-corrected chi connectivity index (χ4v) is 5.81. The highest BCUT2D eigenvalue weighted by Gasteiger charge is 2.30. The third-order valence-corrected chi connectivity index (χ3v) is 8.19. The lowest BCUT2D eigenvalue weighted by atomic mass is 9.92. The second-order valence-electron chi connectivity index (χ2n) is 8.47. The first-order chi connectivity index (χ1) is 14.8. The summed E-state index contributed by atoms with van der Waals surface area (Å²) < 4.78 is 33.3. The van der Waals surface area contributed by atoms with Crippen molar-refractivity contribution in [3.63, 3.8) is 0 Å². The second kappa shape index (κ2) is 9.14. The summed E-state index contributed by atoms with van der Waals surface area (Å²) in [5.74, 6) is 1.61. The Bertz CT molecular complexity index is 1040. The summed E-state index contributed by atoms with van der Waals surface area (Å²) in [7, 11) is -3.54. The Morgan fingerprint density at radius 3 is 2.45 bits per heavy atom. The van der Waals surface area contributed by atoms with Crippen molar-refractivity contribution in [1.29, 1.82) is 0 Å². The van der Waals surface area contributed by atoms with Crippen LogP contribution in [0.3, 0.4) is 0 Å². The van der Waals surface area contributed by atoms with Gasteiger partial charge in [0.2, 0.25) is 15.9 Å². The van der Waals surface area contributed by atoms with Gasteiger partial charge in [0.1, 0.15) is 11.5 Å². The van der Waals surface area contributed by atoms with Crippen LogP contribution in [0.5, 0.6) is 0 Å². The largest absolute Gasteiger partial charge is 0.465 e. The lowest BCUT2D eigenvalue weighted by Gasteiger charge is -2.34. The van der Waals surface area contributed by atoms with E-state index in [0.717, 1.165) is 36.3 Å². The molecule has 1 aliphatic carbocycles. The van der Waals surface area contributed by atoms with Crippen LogP contribution in [0.25, 0.3) is 0 Å². The number of hydrogen-bond donors (Lipinski definition) is 1. The molecule has 0 bridgehead atoms. The monoisotopic (exact) mass is 445 g/mol. The number of sulfonamides is 1. The lowest BCUT2D eigenvalue weighted by Crippen LogP contribution is -2.52. The molecule has 1 amide bonds. The number of hydrogen-bond acceptors (Lipinski definition) is 5. The van der Waals surface area contributed by atoms with Gasteiger partial charge in [-0.2, -0.15) is 4.31 Å². The SMILES string of the molecule is Cc1ccc(C(C)NCC(=O)N2CCN(S(=O)(=O)c3ccc4c(c3)CCCC4)CC2)o1. The first-order valence-electron chi connectivity index (χ1n) is 11.0. The maximum absolute atomic E-state index is 13.1. The zero-order valence-electron chi connectivity index (χ0n) is 18.3. The van der Waals surface area contributed by atoms with E-state index in [4.69, 9.17) is 4.42 Å². The van der Waals surface area contributed by atoms with E-state index < -0.39 is 10.0 Å². The van der Waals surface area contributed by atoms with Gasteiger partial charge in [0.15, 0.2) is 0 Å². The van der Waals surface area contributed by atoms with Gasteiger partial charge in [-0.15, -0.1) is 0 Å². The molecule has 7 nitrogen and oxygen atoms in total. The van der Waals surface area contributed by atoms with Crippen LogP contribution in [-0.2, 0) is 27.7 Å². The van der Waals surface area contributed by atoms with E-state index in [0.29, 0.717) is 31.1 Å². The third-order valence-electron chi connectivity index (χ3n) is 6.30. The number of piperazine rings is 1. The zero-order valence-corrected chi connectivity index (χ0v) is 19.1. The molecule has 1 aromatic carbocycles. The lowest BCUT2D eigenvalue weighted by molar-refractivity contribution is -0.131. The van der Waals surface area contributed by atoms with Crippen LogP contribution in [0.4, 0.5) is 0 Å². The van der Waals surface area contributed by atoms with Crippen molar-refractivity contribution in [1.82, 2.24) is 14.5 Å². The topological polar surface area (TPSA) is 82.9 Å². The van der Waals surface area contributed by atoms with Crippen LogP contribution in [0, 0.1) is 6.92 Å². The highest BCUT2D eigenvalue weighted by molar-refractivity contribution is 7.89. The number of nitrogens with one attached hydrogen (secondary N) is 1. The van der Waals surface area contributed by atoms with Gasteiger partial charge in [-0.05, 0) is 74.9 Å². The fourth-order valence-electron chi connectivity index (χ4n) is 4.34. The summed E-state index contributed by atoms with van der Waals surface area (Å²) in [5, 5.41) is 3.19. The Hall–Kier alpha value is -2.16. The van der Waals surface area contributed by atoms with Crippen LogP contribution in [0.15, 0.2) is 39.6 Å². The number of furan rings is 1. The van der Waals surface area contributed by atoms with E-state index >= 15 is 0 Å². The van der Waals surface area contributed by atoms with E-state index in [1.807, 2.05) is 38.1 Å². The predicted molar refractivity (Wildman–Crippen MR) is 118 cm³/mol. The number of nitrogens with zero attached hydrogens (tertiary/aromatic N) is 2. The maximum atomic E-state index is 13.1. The normalized spacial score (nSPS) is 18.6. The molecule has 0 saturated carbocycles. The van der Waals surface area contributed by atoms with Crippen LogP contribution in [-0.4, -0.2) is 56.3 Å². The van der Waals surface area contributed by atoms with Gasteiger partial charge >= 0.3 is 0 Å². The number of carbonyl (C=O) groups excluding carboxylic acids is 1. The highest BCUT2D eigenvalue weighted by Crippen LogP contribution is 2.26. The molecule has 1 aliphatic heterocycles. The quantitative estimate of drug-likeness (QED) is 0.739. The van der Waals surface area contributed by atoms with E-state index in [2.05, 4.69) is 5.32 Å². The Morgan fingerprint density at radius 2 is 1.77 bits per heavy atom. The molecule has 1 saturated heterocycles. The minimum Gasteiger partial charge on any atom is -0.465 e. The maximum Gasteiger partial charge on any atom is 0.243 e. The summed E-state index contributed by atoms with van der Waals surface area (Å²) >= 11 is 0. The Labute approximate surface area is 184 Å². The van der Waals surface area contributed by atoms with Gasteiger partial charge in [-0.3, -0.25) is 10.1 Å². The van der Waals surface area contributed by atoms with Crippen molar-refractivity contribution >= 4 is 15.9 Å². The van der Waals surface area contributed by atoms with Gasteiger partial charge < -0.3 is 9.32 Å². The van der Waals surface area contributed by atoms with Gasteiger partial charge in [0.25, 0.3) is 0 Å². The van der Waals surface area contributed by atoms with Gasteiger partial charge in [0.05, 0.1) is 17.5 Å². The van der Waals surface area contributed by atoms with Crippen molar-refractivity contribution in [3.8, 4) is 0 Å². The molecule has 168 valence electrons. The first-order valence-corrected chi connectivity index (χ1v) is 12.5. The summed E-state index contributed by atoms with van der Waals surface area (Å²) in [5.41, 5.74) is 2.43. The summed E-state index contributed by atoms with van der Waals surface area (Å²) in [6, 6.07) is 9.29. The molecule has 31 heavy (non-hydrogen) atoms. The molecule has 1 fully saturated rings. The summed E-state index contributed by atoms with van der Waals surface area (Å²) in [6.07, 6.45) is 4.26. The van der Waals surface area contributed by atoms with E-state index in [-0.39, 0.29) is 18.5 Å². The number of amides is 1. The van der Waals surface area contributed by atoms with Gasteiger partial charge in [-0.1, -0.05) is 6.07 Å². The van der Waals surface area contributed by atoms with E-state index in [1.54, 1.807) is 11.0 Å². The number of aryl methyl sites for hydroxylation is 3. The molecule has 0 spiro atoms. The Morgan fingerprint density at radius 1 is 1.06 bits per heavy atom. The number of carbonyl (C=O) groups is 1. The van der Waals surface area contributed by atoms with E-state index in [1.165, 1.54) is 16.3 Å². The Kier molecular flexibility index (Phi) is 6.50. The average Bonchev–Trinajstić information content (AvgIpc) is 3.23. The molecule has 4 rings (SSSR count). The van der Waals surface area contributed by atoms with Crippen LogP contribution >= 0.6 is 0 Å². The van der Waals surface area contributed by atoms with Crippen molar-refractivity contribution in [2.45, 2.75) is 50.5 Å². The van der Waals surface area contributed by atoms with E-state index in [9.17, 15) is 13.2 Å². The molecule has 1 aromatic heterocycles. The van der Waals surface area contributed by atoms with Crippen LogP contribution in [0.2, 0.25) is 0 Å².